The summed E-state index contributed by atoms with van der Waals surface area (Å²) >= 11 is 5.89. The van der Waals surface area contributed by atoms with Gasteiger partial charge in [0.1, 0.15) is 12.2 Å². The number of carbonyl (C=O) groups is 2. The zero-order chi connectivity index (χ0) is 19.8. The monoisotopic (exact) mass is 393 g/mol. The molecule has 9 heteroatoms. The third kappa shape index (κ3) is 5.96. The molecule has 0 saturated heterocycles. The molecule has 27 heavy (non-hydrogen) atoms. The van der Waals surface area contributed by atoms with Crippen LogP contribution < -0.4 is 15.5 Å². The van der Waals surface area contributed by atoms with E-state index in [1.54, 1.807) is 13.0 Å². The Bertz CT molecular complexity index is 874. The highest BCUT2D eigenvalue weighted by atomic mass is 35.5. The number of carbonyl (C=O) groups excluding carboxylic acids is 2. The molecule has 0 aromatic heterocycles. The second-order valence-electron chi connectivity index (χ2n) is 5.28. The molecule has 0 saturated carbocycles. The summed E-state index contributed by atoms with van der Waals surface area (Å²) in [4.78, 5) is 23.5. The van der Waals surface area contributed by atoms with Gasteiger partial charge in [-0.25, -0.2) is 9.82 Å². The lowest BCUT2D eigenvalue weighted by atomic mass is 10.2. The van der Waals surface area contributed by atoms with Crippen LogP contribution in [-0.4, -0.2) is 29.7 Å². The van der Waals surface area contributed by atoms with Gasteiger partial charge in [-0.3, -0.25) is 9.59 Å². The van der Waals surface area contributed by atoms with Gasteiger partial charge in [0.2, 0.25) is 11.8 Å². The molecule has 0 bridgehead atoms. The SMILES string of the molecule is CCOc1cc(C=NNC(=O)CC(=O)Nc2ccccc2F)cc(Cl)c1O. The van der Waals surface area contributed by atoms with Crippen molar-refractivity contribution in [2.24, 2.45) is 5.10 Å². The molecule has 0 aliphatic rings. The van der Waals surface area contributed by atoms with Crippen molar-refractivity contribution in [3.8, 4) is 11.5 Å². The van der Waals surface area contributed by atoms with E-state index in [1.807, 2.05) is 0 Å². The van der Waals surface area contributed by atoms with Crippen LogP contribution in [0.1, 0.15) is 18.9 Å². The molecule has 3 N–H and O–H groups in total. The molecule has 0 spiro atoms. The van der Waals surface area contributed by atoms with E-state index in [9.17, 15) is 19.1 Å². The van der Waals surface area contributed by atoms with Crippen LogP contribution in [-0.2, 0) is 9.59 Å². The number of hydrogen-bond acceptors (Lipinski definition) is 5. The second-order valence-corrected chi connectivity index (χ2v) is 5.69. The topological polar surface area (TPSA) is 100 Å². The fourth-order valence-electron chi connectivity index (χ4n) is 2.05. The molecule has 142 valence electrons. The number of amides is 2. The number of benzene rings is 2. The van der Waals surface area contributed by atoms with Crippen LogP contribution in [0.15, 0.2) is 41.5 Å². The summed E-state index contributed by atoms with van der Waals surface area (Å²) in [7, 11) is 0. The molecule has 2 rings (SSSR count). The fraction of sp³-hybridized carbons (Fsp3) is 0.167. The maximum atomic E-state index is 13.4. The maximum Gasteiger partial charge on any atom is 0.249 e. The lowest BCUT2D eigenvalue weighted by Crippen LogP contribution is -2.24. The normalized spacial score (nSPS) is 10.6. The third-order valence-electron chi connectivity index (χ3n) is 3.22. The maximum absolute atomic E-state index is 13.4. The van der Waals surface area contributed by atoms with E-state index in [4.69, 9.17) is 16.3 Å². The summed E-state index contributed by atoms with van der Waals surface area (Å²) in [5.74, 6) is -1.97. The minimum absolute atomic E-state index is 0.0130. The van der Waals surface area contributed by atoms with E-state index in [1.165, 1.54) is 36.5 Å². The highest BCUT2D eigenvalue weighted by Gasteiger charge is 2.11. The third-order valence-corrected chi connectivity index (χ3v) is 3.51. The van der Waals surface area contributed by atoms with Crippen molar-refractivity contribution in [3.63, 3.8) is 0 Å². The van der Waals surface area contributed by atoms with Crippen molar-refractivity contribution < 1.29 is 23.8 Å². The van der Waals surface area contributed by atoms with Crippen LogP contribution >= 0.6 is 11.6 Å². The van der Waals surface area contributed by atoms with E-state index < -0.39 is 24.1 Å². The van der Waals surface area contributed by atoms with Crippen molar-refractivity contribution in [1.29, 1.82) is 0 Å². The number of hydrazone groups is 1. The molecular formula is C18H17ClFN3O4. The zero-order valence-corrected chi connectivity index (χ0v) is 15.1. The molecule has 0 fully saturated rings. The van der Waals surface area contributed by atoms with E-state index in [2.05, 4.69) is 15.8 Å². The predicted octanol–water partition coefficient (Wildman–Crippen LogP) is 3.06. The minimum Gasteiger partial charge on any atom is -0.503 e. The Morgan fingerprint density at radius 2 is 2.04 bits per heavy atom. The first-order chi connectivity index (χ1) is 12.9. The molecule has 0 aliphatic heterocycles. The number of hydrogen-bond donors (Lipinski definition) is 3. The van der Waals surface area contributed by atoms with Gasteiger partial charge < -0.3 is 15.2 Å². The van der Waals surface area contributed by atoms with Gasteiger partial charge in [0.15, 0.2) is 11.5 Å². The minimum atomic E-state index is -0.685. The first kappa shape index (κ1) is 20.2. The lowest BCUT2D eigenvalue weighted by Gasteiger charge is -2.08. The lowest BCUT2D eigenvalue weighted by molar-refractivity contribution is -0.126. The molecule has 2 aromatic rings. The highest BCUT2D eigenvalue weighted by Crippen LogP contribution is 2.34. The van der Waals surface area contributed by atoms with Crippen LogP contribution in [0, 0.1) is 5.82 Å². The van der Waals surface area contributed by atoms with E-state index >= 15 is 0 Å². The van der Waals surface area contributed by atoms with Gasteiger partial charge in [-0.15, -0.1) is 0 Å². The Morgan fingerprint density at radius 3 is 2.74 bits per heavy atom. The van der Waals surface area contributed by atoms with Gasteiger partial charge in [-0.05, 0) is 36.8 Å². The summed E-state index contributed by atoms with van der Waals surface area (Å²) in [6.45, 7) is 2.08. The molecule has 2 amide bonds. The summed E-state index contributed by atoms with van der Waals surface area (Å²) < 4.78 is 18.7. The highest BCUT2D eigenvalue weighted by molar-refractivity contribution is 6.32. The molecular weight excluding hydrogens is 377 g/mol. The summed E-state index contributed by atoms with van der Waals surface area (Å²) in [6.07, 6.45) is 0.743. The first-order valence-corrected chi connectivity index (χ1v) is 8.30. The Balaban J connectivity index is 1.91. The van der Waals surface area contributed by atoms with Crippen LogP contribution in [0.2, 0.25) is 5.02 Å². The molecule has 0 heterocycles. The Hall–Kier alpha value is -3.13. The van der Waals surface area contributed by atoms with E-state index in [0.717, 1.165) is 0 Å². The van der Waals surface area contributed by atoms with Crippen LogP contribution in [0.25, 0.3) is 0 Å². The average molecular weight is 394 g/mol. The van der Waals surface area contributed by atoms with Gasteiger partial charge in [0.05, 0.1) is 23.5 Å². The Labute approximate surface area is 159 Å². The Morgan fingerprint density at radius 1 is 1.30 bits per heavy atom. The van der Waals surface area contributed by atoms with Crippen molar-refractivity contribution in [2.75, 3.05) is 11.9 Å². The zero-order valence-electron chi connectivity index (χ0n) is 14.3. The smallest absolute Gasteiger partial charge is 0.249 e. The van der Waals surface area contributed by atoms with Gasteiger partial charge in [0, 0.05) is 0 Å². The van der Waals surface area contributed by atoms with Gasteiger partial charge >= 0.3 is 0 Å². The summed E-state index contributed by atoms with van der Waals surface area (Å²) in [6, 6.07) is 8.54. The number of phenols is 1. The number of nitrogens with zero attached hydrogens (tertiary/aromatic N) is 1. The second kappa shape index (κ2) is 9.54. The number of rotatable bonds is 7. The molecule has 0 atom stereocenters. The Kier molecular flexibility index (Phi) is 7.13. The number of anilines is 1. The standard InChI is InChI=1S/C18H17ClFN3O4/c1-2-27-15-8-11(7-12(19)18(15)26)10-21-23-17(25)9-16(24)22-14-6-4-3-5-13(14)20/h3-8,10,26H,2,9H2,1H3,(H,22,24)(H,23,25). The van der Waals surface area contributed by atoms with Crippen LogP contribution in [0.3, 0.4) is 0 Å². The van der Waals surface area contributed by atoms with Crippen molar-refractivity contribution in [1.82, 2.24) is 5.43 Å². The van der Waals surface area contributed by atoms with Crippen molar-refractivity contribution in [2.45, 2.75) is 13.3 Å². The molecule has 0 aliphatic carbocycles. The van der Waals surface area contributed by atoms with Crippen molar-refractivity contribution >= 4 is 35.3 Å². The van der Waals surface area contributed by atoms with Crippen LogP contribution in [0.4, 0.5) is 10.1 Å². The van der Waals surface area contributed by atoms with Gasteiger partial charge in [-0.1, -0.05) is 23.7 Å². The average Bonchev–Trinajstić information content (AvgIpc) is 2.61. The molecule has 0 unspecified atom stereocenters. The fourth-order valence-corrected chi connectivity index (χ4v) is 2.27. The van der Waals surface area contributed by atoms with Gasteiger partial charge in [-0.2, -0.15) is 5.10 Å². The molecule has 2 aromatic carbocycles. The van der Waals surface area contributed by atoms with Gasteiger partial charge in [0.25, 0.3) is 0 Å². The predicted molar refractivity (Wildman–Crippen MR) is 99.7 cm³/mol. The molecule has 0 radical (unpaired) electrons. The number of ether oxygens (including phenoxy) is 1. The molecule has 7 nitrogen and oxygen atoms in total. The number of para-hydroxylation sites is 1. The van der Waals surface area contributed by atoms with Crippen LogP contribution in [0.5, 0.6) is 11.5 Å². The quantitative estimate of drug-likeness (QED) is 0.382. The number of halogens is 2. The number of nitrogens with one attached hydrogen (secondary N) is 2. The van der Waals surface area contributed by atoms with E-state index in [0.29, 0.717) is 12.2 Å². The largest absolute Gasteiger partial charge is 0.503 e. The first-order valence-electron chi connectivity index (χ1n) is 7.92. The van der Waals surface area contributed by atoms with Crippen molar-refractivity contribution in [3.05, 3.63) is 52.8 Å². The van der Waals surface area contributed by atoms with E-state index in [-0.39, 0.29) is 22.2 Å². The summed E-state index contributed by atoms with van der Waals surface area (Å²) in [5, 5.41) is 15.8. The summed E-state index contributed by atoms with van der Waals surface area (Å²) in [5.41, 5.74) is 2.63. The number of phenolic OH excluding ortho intramolecular Hbond substituents is 1. The number of aromatic hydroxyl groups is 1.